The number of nitrogens with two attached hydrogens (primary N) is 1. The number of β-amino-alcohol motifs (C(OH)–C–C–N with tert-alkyl or cyclic N) is 1. The number of aryl methyl sites for hydroxylation is 1. The minimum Gasteiger partial charge on any atom is -0.398 e. The predicted octanol–water partition coefficient (Wildman–Crippen LogP) is 1.17. The largest absolute Gasteiger partial charge is 0.398 e. The molecule has 92 valence electrons. The molecule has 3 N–H and O–H groups in total. The summed E-state index contributed by atoms with van der Waals surface area (Å²) in [4.78, 5) is 13.8. The minimum absolute atomic E-state index is 0.0932. The molecule has 17 heavy (non-hydrogen) atoms. The first-order valence-electron chi connectivity index (χ1n) is 5.83. The molecule has 1 saturated heterocycles. The van der Waals surface area contributed by atoms with E-state index in [1.165, 1.54) is 0 Å². The van der Waals surface area contributed by atoms with Gasteiger partial charge >= 0.3 is 0 Å². The van der Waals surface area contributed by atoms with Crippen molar-refractivity contribution in [2.75, 3.05) is 18.8 Å². The second-order valence-corrected chi connectivity index (χ2v) is 4.83. The molecule has 1 aromatic carbocycles. The van der Waals surface area contributed by atoms with Crippen LogP contribution in [-0.4, -0.2) is 34.6 Å². The lowest BCUT2D eigenvalue weighted by molar-refractivity contribution is -0.0826. The topological polar surface area (TPSA) is 66.6 Å². The molecule has 1 aromatic rings. The van der Waals surface area contributed by atoms with Crippen molar-refractivity contribution in [2.45, 2.75) is 25.9 Å². The monoisotopic (exact) mass is 234 g/mol. The van der Waals surface area contributed by atoms with Gasteiger partial charge in [-0.3, -0.25) is 4.79 Å². The summed E-state index contributed by atoms with van der Waals surface area (Å²) in [5.41, 5.74) is 7.13. The third-order valence-corrected chi connectivity index (χ3v) is 3.35. The second kappa shape index (κ2) is 4.04. The number of nitrogen functional groups attached to an aromatic ring is 1. The van der Waals surface area contributed by atoms with Gasteiger partial charge in [0, 0.05) is 5.69 Å². The Morgan fingerprint density at radius 3 is 2.76 bits per heavy atom. The number of benzene rings is 1. The van der Waals surface area contributed by atoms with Crippen LogP contribution in [-0.2, 0) is 0 Å². The third-order valence-electron chi connectivity index (χ3n) is 3.35. The van der Waals surface area contributed by atoms with Gasteiger partial charge in [-0.15, -0.1) is 0 Å². The highest BCUT2D eigenvalue weighted by molar-refractivity contribution is 5.99. The summed E-state index contributed by atoms with van der Waals surface area (Å²) in [5, 5.41) is 9.88. The highest BCUT2D eigenvalue weighted by Gasteiger charge is 2.42. The van der Waals surface area contributed by atoms with E-state index in [0.717, 1.165) is 5.56 Å². The van der Waals surface area contributed by atoms with Crippen molar-refractivity contribution in [1.29, 1.82) is 0 Å². The van der Waals surface area contributed by atoms with E-state index >= 15 is 0 Å². The van der Waals surface area contributed by atoms with Crippen molar-refractivity contribution < 1.29 is 9.90 Å². The zero-order chi connectivity index (χ0) is 12.6. The number of carbonyl (C=O) groups excluding carboxylic acids is 1. The molecule has 0 radical (unpaired) electrons. The van der Waals surface area contributed by atoms with Crippen LogP contribution in [0.3, 0.4) is 0 Å². The van der Waals surface area contributed by atoms with Crippen molar-refractivity contribution >= 4 is 11.6 Å². The summed E-state index contributed by atoms with van der Waals surface area (Å²) in [6.45, 7) is 4.64. The molecule has 0 spiro atoms. The molecule has 0 saturated carbocycles. The van der Waals surface area contributed by atoms with Crippen molar-refractivity contribution in [1.82, 2.24) is 4.90 Å². The summed E-state index contributed by atoms with van der Waals surface area (Å²) in [6.07, 6.45) is 0.667. The summed E-state index contributed by atoms with van der Waals surface area (Å²) in [5.74, 6) is -0.0932. The Morgan fingerprint density at radius 1 is 1.53 bits per heavy atom. The molecule has 0 atom stereocenters. The van der Waals surface area contributed by atoms with E-state index in [9.17, 15) is 9.90 Å². The van der Waals surface area contributed by atoms with Crippen LogP contribution in [0, 0.1) is 6.92 Å². The van der Waals surface area contributed by atoms with Crippen molar-refractivity contribution in [3.63, 3.8) is 0 Å². The quantitative estimate of drug-likeness (QED) is 0.755. The number of nitrogens with zero attached hydrogens (tertiary/aromatic N) is 1. The van der Waals surface area contributed by atoms with Gasteiger partial charge < -0.3 is 15.7 Å². The zero-order valence-corrected chi connectivity index (χ0v) is 10.2. The van der Waals surface area contributed by atoms with Crippen LogP contribution >= 0.6 is 0 Å². The standard InChI is InChI=1S/C13H18N2O2/c1-3-13(17)7-15(8-13)12(16)10-6-9(2)4-5-11(10)14/h4-6,17H,3,7-8,14H2,1-2H3. The Hall–Kier alpha value is -1.55. The average Bonchev–Trinajstić information content (AvgIpc) is 2.27. The Bertz CT molecular complexity index is 451. The van der Waals surface area contributed by atoms with E-state index in [4.69, 9.17) is 5.73 Å². The van der Waals surface area contributed by atoms with E-state index < -0.39 is 5.60 Å². The number of hydrogen-bond donors (Lipinski definition) is 2. The molecule has 1 amide bonds. The molecule has 1 heterocycles. The number of carbonyl (C=O) groups is 1. The number of rotatable bonds is 2. The normalized spacial score (nSPS) is 17.7. The molecule has 1 aliphatic rings. The molecule has 1 fully saturated rings. The fourth-order valence-electron chi connectivity index (χ4n) is 2.06. The molecule has 4 nitrogen and oxygen atoms in total. The predicted molar refractivity (Wildman–Crippen MR) is 66.7 cm³/mol. The maximum absolute atomic E-state index is 12.1. The van der Waals surface area contributed by atoms with Gasteiger partial charge in [0.05, 0.1) is 24.3 Å². The highest BCUT2D eigenvalue weighted by Crippen LogP contribution is 2.27. The van der Waals surface area contributed by atoms with Crippen molar-refractivity contribution in [2.24, 2.45) is 0 Å². The van der Waals surface area contributed by atoms with Gasteiger partial charge in [0.2, 0.25) is 0 Å². The molecule has 0 aromatic heterocycles. The van der Waals surface area contributed by atoms with E-state index in [-0.39, 0.29) is 5.91 Å². The molecule has 4 heteroatoms. The molecular formula is C13H18N2O2. The lowest BCUT2D eigenvalue weighted by atomic mass is 9.90. The number of likely N-dealkylation sites (tertiary alicyclic amines) is 1. The van der Waals surface area contributed by atoms with Crippen molar-refractivity contribution in [3.8, 4) is 0 Å². The number of amides is 1. The van der Waals surface area contributed by atoms with Crippen LogP contribution in [0.2, 0.25) is 0 Å². The fraction of sp³-hybridized carbons (Fsp3) is 0.462. The fourth-order valence-corrected chi connectivity index (χ4v) is 2.06. The van der Waals surface area contributed by atoms with Gasteiger partial charge in [-0.2, -0.15) is 0 Å². The van der Waals surface area contributed by atoms with Crippen molar-refractivity contribution in [3.05, 3.63) is 29.3 Å². The van der Waals surface area contributed by atoms with Gasteiger partial charge in [-0.1, -0.05) is 18.6 Å². The molecule has 0 bridgehead atoms. The first kappa shape index (κ1) is 11.9. The van der Waals surface area contributed by atoms with Gasteiger partial charge in [0.1, 0.15) is 0 Å². The number of anilines is 1. The van der Waals surface area contributed by atoms with Gasteiger partial charge in [0.15, 0.2) is 0 Å². The molecule has 0 aliphatic carbocycles. The maximum atomic E-state index is 12.1. The van der Waals surface area contributed by atoms with E-state index in [0.29, 0.717) is 30.8 Å². The lowest BCUT2D eigenvalue weighted by Crippen LogP contribution is -2.63. The maximum Gasteiger partial charge on any atom is 0.256 e. The zero-order valence-electron chi connectivity index (χ0n) is 10.2. The van der Waals surface area contributed by atoms with Gasteiger partial charge in [0.25, 0.3) is 5.91 Å². The van der Waals surface area contributed by atoms with Crippen LogP contribution < -0.4 is 5.73 Å². The Balaban J connectivity index is 2.14. The summed E-state index contributed by atoms with van der Waals surface area (Å²) in [6, 6.07) is 5.42. The SMILES string of the molecule is CCC1(O)CN(C(=O)c2cc(C)ccc2N)C1. The van der Waals surface area contributed by atoms with E-state index in [1.807, 2.05) is 19.9 Å². The molecule has 1 aliphatic heterocycles. The molecular weight excluding hydrogens is 216 g/mol. The number of aliphatic hydroxyl groups is 1. The van der Waals surface area contributed by atoms with E-state index in [1.54, 1.807) is 17.0 Å². The summed E-state index contributed by atoms with van der Waals surface area (Å²) < 4.78 is 0. The van der Waals surface area contributed by atoms with Crippen LogP contribution in [0.1, 0.15) is 29.3 Å². The highest BCUT2D eigenvalue weighted by atomic mass is 16.3. The average molecular weight is 234 g/mol. The smallest absolute Gasteiger partial charge is 0.256 e. The summed E-state index contributed by atoms with van der Waals surface area (Å²) in [7, 11) is 0. The van der Waals surface area contributed by atoms with Crippen LogP contribution in [0.4, 0.5) is 5.69 Å². The third kappa shape index (κ3) is 2.13. The van der Waals surface area contributed by atoms with Crippen LogP contribution in [0.25, 0.3) is 0 Å². The van der Waals surface area contributed by atoms with Crippen LogP contribution in [0.15, 0.2) is 18.2 Å². The Labute approximate surface area is 101 Å². The van der Waals surface area contributed by atoms with Gasteiger partial charge in [-0.05, 0) is 25.5 Å². The van der Waals surface area contributed by atoms with Crippen LogP contribution in [0.5, 0.6) is 0 Å². The molecule has 2 rings (SSSR count). The van der Waals surface area contributed by atoms with Gasteiger partial charge in [-0.25, -0.2) is 0 Å². The minimum atomic E-state index is -0.700. The Kier molecular flexibility index (Phi) is 2.83. The first-order chi connectivity index (χ1) is 7.95. The lowest BCUT2D eigenvalue weighted by Gasteiger charge is -2.46. The molecule has 0 unspecified atom stereocenters. The van der Waals surface area contributed by atoms with E-state index in [2.05, 4.69) is 0 Å². The first-order valence-corrected chi connectivity index (χ1v) is 5.83. The summed E-state index contributed by atoms with van der Waals surface area (Å²) >= 11 is 0. The number of hydrogen-bond acceptors (Lipinski definition) is 3. The Morgan fingerprint density at radius 2 is 2.18 bits per heavy atom. The second-order valence-electron chi connectivity index (χ2n) is 4.83.